The largest absolute Gasteiger partial charge is 0.455 e. The molecule has 0 fully saturated rings. The van der Waals surface area contributed by atoms with Crippen LogP contribution < -0.4 is 4.90 Å². The summed E-state index contributed by atoms with van der Waals surface area (Å²) < 4.78 is 13.9. The number of fused-ring (bicyclic) bond motifs is 17. The molecular formula is C72H59NO2. The third-order valence-electron chi connectivity index (χ3n) is 17.5. The number of para-hydroxylation sites is 2. The molecule has 9 aromatic carbocycles. The van der Waals surface area contributed by atoms with Crippen molar-refractivity contribution < 1.29 is 8.83 Å². The highest BCUT2D eigenvalue weighted by molar-refractivity contribution is 6.21. The molecule has 0 unspecified atom stereocenters. The van der Waals surface area contributed by atoms with Gasteiger partial charge in [0.05, 0.1) is 0 Å². The number of rotatable bonds is 6. The average Bonchev–Trinajstić information content (AvgIpc) is 4.37. The molecule has 364 valence electrons. The van der Waals surface area contributed by atoms with Crippen molar-refractivity contribution in [2.45, 2.75) is 78.6 Å². The Labute approximate surface area is 439 Å². The summed E-state index contributed by atoms with van der Waals surface area (Å²) in [6.45, 7) is 26.1. The molecular weight excluding hydrogens is 911 g/mol. The highest BCUT2D eigenvalue weighted by Gasteiger charge is 2.49. The normalized spacial score (nSPS) is 16.3. The summed E-state index contributed by atoms with van der Waals surface area (Å²) in [6.07, 6.45) is 4.70. The Morgan fingerprint density at radius 2 is 1.08 bits per heavy atom. The molecule has 75 heavy (non-hydrogen) atoms. The standard InChI is InChI=1S/C72H59NO2/c1-11-47(38-55-43(4)61-57(70(55,5)6)40-53(68-63(61)51-24-16-19-27-59(51)74-68)46-32-30-45(31-33-46)44-21-13-12-14-22-44)73(58-36-29-41(2)37-42(58)3)48-34-35-50-56(39-48)72(9,10)66-62(50)64-52-25-17-20-28-60(52)75-69(64)65-49-23-15-18-26-54(49)71(7,8)67(65)66/h11-40H,4H2,1-3,5-10H3/b47-11+,55-38+. The van der Waals surface area contributed by atoms with Gasteiger partial charge in [-0.15, -0.1) is 0 Å². The summed E-state index contributed by atoms with van der Waals surface area (Å²) in [7, 11) is 0. The van der Waals surface area contributed by atoms with Crippen LogP contribution in [0.1, 0.15) is 93.0 Å². The Bertz CT molecular complexity index is 4350. The molecule has 3 heteroatoms. The maximum absolute atomic E-state index is 7.01. The van der Waals surface area contributed by atoms with E-state index in [-0.39, 0.29) is 10.8 Å². The van der Waals surface area contributed by atoms with E-state index < -0.39 is 5.41 Å². The quantitative estimate of drug-likeness (QED) is 0.166. The van der Waals surface area contributed by atoms with Gasteiger partial charge in [-0.3, -0.25) is 0 Å². The number of allylic oxidation sites excluding steroid dienone is 4. The first kappa shape index (κ1) is 45.2. The van der Waals surface area contributed by atoms with E-state index in [0.717, 1.165) is 77.8 Å². The van der Waals surface area contributed by atoms with Crippen LogP contribution in [0.25, 0.3) is 94.0 Å². The summed E-state index contributed by atoms with van der Waals surface area (Å²) in [5, 5.41) is 4.60. The van der Waals surface area contributed by atoms with Crippen molar-refractivity contribution in [1.82, 2.24) is 0 Å². The van der Waals surface area contributed by atoms with E-state index in [1.807, 2.05) is 0 Å². The Morgan fingerprint density at radius 3 is 1.79 bits per heavy atom. The molecule has 0 aliphatic heterocycles. The van der Waals surface area contributed by atoms with E-state index in [1.165, 1.54) is 83.3 Å². The van der Waals surface area contributed by atoms with Gasteiger partial charge in [0.15, 0.2) is 0 Å². The predicted octanol–water partition coefficient (Wildman–Crippen LogP) is 20.0. The molecule has 3 nitrogen and oxygen atoms in total. The second-order valence-electron chi connectivity index (χ2n) is 22.9. The van der Waals surface area contributed by atoms with E-state index >= 15 is 0 Å². The molecule has 3 aliphatic rings. The van der Waals surface area contributed by atoms with Crippen LogP contribution in [0.2, 0.25) is 0 Å². The molecule has 0 amide bonds. The first-order valence-electron chi connectivity index (χ1n) is 26.6. The zero-order chi connectivity index (χ0) is 51.4. The lowest BCUT2D eigenvalue weighted by atomic mass is 9.72. The molecule has 0 spiro atoms. The first-order valence-corrected chi connectivity index (χ1v) is 26.6. The summed E-state index contributed by atoms with van der Waals surface area (Å²) >= 11 is 0. The zero-order valence-corrected chi connectivity index (χ0v) is 44.3. The second-order valence-corrected chi connectivity index (χ2v) is 22.9. The molecule has 3 aliphatic carbocycles. The van der Waals surface area contributed by atoms with Gasteiger partial charge in [0.2, 0.25) is 0 Å². The van der Waals surface area contributed by atoms with Crippen LogP contribution in [0.4, 0.5) is 11.4 Å². The Kier molecular flexibility index (Phi) is 9.53. The third-order valence-corrected chi connectivity index (χ3v) is 17.5. The van der Waals surface area contributed by atoms with Crippen molar-refractivity contribution in [3.05, 3.63) is 244 Å². The van der Waals surface area contributed by atoms with Crippen LogP contribution in [-0.2, 0) is 16.2 Å². The molecule has 2 heterocycles. The van der Waals surface area contributed by atoms with Gasteiger partial charge in [-0.05, 0) is 147 Å². The molecule has 0 saturated carbocycles. The number of furan rings is 2. The summed E-state index contributed by atoms with van der Waals surface area (Å²) in [5.41, 5.74) is 28.2. The van der Waals surface area contributed by atoms with Gasteiger partial charge >= 0.3 is 0 Å². The molecule has 0 bridgehead atoms. The summed E-state index contributed by atoms with van der Waals surface area (Å²) in [6, 6.07) is 62.1. The van der Waals surface area contributed by atoms with Gasteiger partial charge in [0, 0.05) is 66.0 Å². The van der Waals surface area contributed by atoms with E-state index in [9.17, 15) is 0 Å². The highest BCUT2D eigenvalue weighted by Crippen LogP contribution is 2.64. The number of anilines is 2. The number of nitrogens with zero attached hydrogens (tertiary/aromatic N) is 1. The van der Waals surface area contributed by atoms with Gasteiger partial charge in [0.1, 0.15) is 22.3 Å². The van der Waals surface area contributed by atoms with Gasteiger partial charge in [-0.25, -0.2) is 0 Å². The topological polar surface area (TPSA) is 29.5 Å². The van der Waals surface area contributed by atoms with Crippen molar-refractivity contribution in [3.63, 3.8) is 0 Å². The average molecular weight is 970 g/mol. The number of benzene rings is 9. The smallest absolute Gasteiger partial charge is 0.144 e. The predicted molar refractivity (Wildman–Crippen MR) is 315 cm³/mol. The van der Waals surface area contributed by atoms with Crippen LogP contribution in [0, 0.1) is 13.8 Å². The lowest BCUT2D eigenvalue weighted by Crippen LogP contribution is -2.24. The lowest BCUT2D eigenvalue weighted by molar-refractivity contribution is 0.600. The van der Waals surface area contributed by atoms with Crippen LogP contribution in [0.5, 0.6) is 0 Å². The molecule has 11 aromatic rings. The maximum atomic E-state index is 7.01. The fraction of sp³-hybridized carbons (Fsp3) is 0.167. The van der Waals surface area contributed by atoms with Crippen LogP contribution in [-0.4, -0.2) is 0 Å². The van der Waals surface area contributed by atoms with Crippen molar-refractivity contribution in [1.29, 1.82) is 0 Å². The van der Waals surface area contributed by atoms with Crippen molar-refractivity contribution in [2.24, 2.45) is 0 Å². The number of hydrogen-bond donors (Lipinski definition) is 0. The SMILES string of the molecule is C=C1/C(=C\C(=C/C)N(c2ccc3c(c2)C(C)(C)c2c4c(c5oc6ccccc6c5c2-3)-c2ccccc2C4(C)C)c2ccc(C)cc2C)C(C)(C)c2cc(-c3ccc(-c4ccccc4)cc3)c3oc4ccccc4c3c21. The minimum Gasteiger partial charge on any atom is -0.455 e. The molecule has 14 rings (SSSR count). The highest BCUT2D eigenvalue weighted by atomic mass is 16.3. The van der Waals surface area contributed by atoms with Crippen LogP contribution >= 0.6 is 0 Å². The van der Waals surface area contributed by atoms with Crippen molar-refractivity contribution in [2.75, 3.05) is 4.90 Å². The minimum absolute atomic E-state index is 0.239. The lowest BCUT2D eigenvalue weighted by Gasteiger charge is -2.32. The van der Waals surface area contributed by atoms with Crippen molar-refractivity contribution >= 4 is 60.8 Å². The number of aryl methyl sites for hydroxylation is 2. The van der Waals surface area contributed by atoms with Gasteiger partial charge in [-0.2, -0.15) is 0 Å². The van der Waals surface area contributed by atoms with Crippen LogP contribution in [0.3, 0.4) is 0 Å². The van der Waals surface area contributed by atoms with Crippen molar-refractivity contribution in [3.8, 4) is 44.5 Å². The van der Waals surface area contributed by atoms with Gasteiger partial charge < -0.3 is 13.7 Å². The maximum Gasteiger partial charge on any atom is 0.144 e. The summed E-state index contributed by atoms with van der Waals surface area (Å²) in [4.78, 5) is 2.49. The Morgan fingerprint density at radius 1 is 0.493 bits per heavy atom. The molecule has 0 atom stereocenters. The van der Waals surface area contributed by atoms with E-state index in [4.69, 9.17) is 15.4 Å². The fourth-order valence-corrected chi connectivity index (χ4v) is 13.9. The minimum atomic E-state index is -0.412. The number of hydrogen-bond acceptors (Lipinski definition) is 3. The monoisotopic (exact) mass is 969 g/mol. The fourth-order valence-electron chi connectivity index (χ4n) is 13.9. The van der Waals surface area contributed by atoms with E-state index in [0.29, 0.717) is 0 Å². The molecule has 2 aromatic heterocycles. The third kappa shape index (κ3) is 6.22. The Hall–Kier alpha value is -8.40. The van der Waals surface area contributed by atoms with E-state index in [1.54, 1.807) is 0 Å². The second kappa shape index (κ2) is 15.8. The van der Waals surface area contributed by atoms with E-state index in [2.05, 4.69) is 249 Å². The summed E-state index contributed by atoms with van der Waals surface area (Å²) in [5.74, 6) is 0. The molecule has 0 N–H and O–H groups in total. The zero-order valence-electron chi connectivity index (χ0n) is 44.3. The van der Waals surface area contributed by atoms with Gasteiger partial charge in [-0.1, -0.05) is 193 Å². The first-order chi connectivity index (χ1) is 36.2. The Balaban J connectivity index is 0.951. The van der Waals surface area contributed by atoms with Gasteiger partial charge in [0.25, 0.3) is 0 Å². The van der Waals surface area contributed by atoms with Crippen LogP contribution in [0.15, 0.2) is 209 Å². The molecule has 0 radical (unpaired) electrons. The molecule has 0 saturated heterocycles.